The smallest absolute Gasteiger partial charge is 0.323 e. The highest BCUT2D eigenvalue weighted by Crippen LogP contribution is 2.23. The lowest BCUT2D eigenvalue weighted by Gasteiger charge is -2.12. The fourth-order valence-electron chi connectivity index (χ4n) is 2.61. The van der Waals surface area contributed by atoms with E-state index in [1.54, 1.807) is 36.4 Å². The van der Waals surface area contributed by atoms with Crippen LogP contribution in [-0.2, 0) is 10.0 Å². The first-order chi connectivity index (χ1) is 13.0. The van der Waals surface area contributed by atoms with Crippen LogP contribution in [0.3, 0.4) is 0 Å². The van der Waals surface area contributed by atoms with Crippen molar-refractivity contribution in [3.8, 4) is 5.75 Å². The Kier molecular flexibility index (Phi) is 5.60. The molecule has 3 N–H and O–H groups in total. The molecule has 0 unspecified atom stereocenters. The molecule has 2 aromatic carbocycles. The van der Waals surface area contributed by atoms with Crippen LogP contribution in [0, 0.1) is 0 Å². The molecule has 1 aliphatic rings. The molecule has 0 saturated carbocycles. The standard InChI is InChI=1S/C18H20N4O4S/c1-26-16-9-3-2-8-15(16)21-18(23)20-13-6-4-7-14(12-13)27(24,25)22-17-10-5-11-19-17/h2-4,6-9,12H,5,10-11H2,1H3,(H,19,22)(H2,20,21,23). The summed E-state index contributed by atoms with van der Waals surface area (Å²) < 4.78 is 32.6. The van der Waals surface area contributed by atoms with Crippen LogP contribution in [0.15, 0.2) is 58.4 Å². The minimum Gasteiger partial charge on any atom is -0.495 e. The molecule has 0 radical (unpaired) electrons. The van der Waals surface area contributed by atoms with Crippen LogP contribution in [0.5, 0.6) is 5.75 Å². The Balaban J connectivity index is 1.71. The zero-order chi connectivity index (χ0) is 19.3. The summed E-state index contributed by atoms with van der Waals surface area (Å²) in [5, 5.41) is 5.29. The number of nitrogens with zero attached hydrogens (tertiary/aromatic N) is 1. The Bertz CT molecular complexity index is 973. The maximum Gasteiger partial charge on any atom is 0.323 e. The number of benzene rings is 2. The number of hydrogen-bond donors (Lipinski definition) is 3. The normalized spacial score (nSPS) is 13.6. The highest BCUT2D eigenvalue weighted by Gasteiger charge is 2.19. The van der Waals surface area contributed by atoms with Crippen molar-refractivity contribution in [1.29, 1.82) is 0 Å². The van der Waals surface area contributed by atoms with Gasteiger partial charge in [-0.2, -0.15) is 0 Å². The SMILES string of the molecule is COc1ccccc1NC(=O)Nc1cccc(S(=O)(=O)NC2=NCCC2)c1. The molecule has 1 heterocycles. The van der Waals surface area contributed by atoms with E-state index in [0.29, 0.717) is 35.9 Å². The number of amides is 2. The Morgan fingerprint density at radius 1 is 1.11 bits per heavy atom. The number of anilines is 2. The number of nitrogens with one attached hydrogen (secondary N) is 3. The number of urea groups is 1. The Hall–Kier alpha value is -3.07. The summed E-state index contributed by atoms with van der Waals surface area (Å²) in [5.41, 5.74) is 0.848. The molecule has 1 aliphatic heterocycles. The van der Waals surface area contributed by atoms with Crippen LogP contribution in [0.4, 0.5) is 16.2 Å². The van der Waals surface area contributed by atoms with E-state index in [1.165, 1.54) is 19.2 Å². The lowest BCUT2D eigenvalue weighted by atomic mass is 10.3. The van der Waals surface area contributed by atoms with E-state index < -0.39 is 16.1 Å². The second-order valence-electron chi connectivity index (χ2n) is 5.84. The van der Waals surface area contributed by atoms with E-state index in [0.717, 1.165) is 6.42 Å². The monoisotopic (exact) mass is 388 g/mol. The molecule has 27 heavy (non-hydrogen) atoms. The molecule has 9 heteroatoms. The molecular formula is C18H20N4O4S. The fraction of sp³-hybridized carbons (Fsp3) is 0.222. The van der Waals surface area contributed by atoms with Gasteiger partial charge in [-0.3, -0.25) is 9.71 Å². The largest absolute Gasteiger partial charge is 0.495 e. The van der Waals surface area contributed by atoms with Crippen molar-refractivity contribution in [2.75, 3.05) is 24.3 Å². The van der Waals surface area contributed by atoms with E-state index in [9.17, 15) is 13.2 Å². The maximum absolute atomic E-state index is 12.5. The predicted octanol–water partition coefficient (Wildman–Crippen LogP) is 2.81. The number of amidine groups is 1. The van der Waals surface area contributed by atoms with Crippen LogP contribution < -0.4 is 20.1 Å². The van der Waals surface area contributed by atoms with Gasteiger partial charge >= 0.3 is 6.03 Å². The molecule has 8 nitrogen and oxygen atoms in total. The Morgan fingerprint density at radius 3 is 2.67 bits per heavy atom. The van der Waals surface area contributed by atoms with Gasteiger partial charge in [-0.15, -0.1) is 0 Å². The molecule has 0 atom stereocenters. The summed E-state index contributed by atoms with van der Waals surface area (Å²) in [7, 11) is -2.24. The van der Waals surface area contributed by atoms with Crippen molar-refractivity contribution >= 4 is 33.3 Å². The minimum atomic E-state index is -3.74. The van der Waals surface area contributed by atoms with Gasteiger partial charge in [0.15, 0.2) is 0 Å². The second-order valence-corrected chi connectivity index (χ2v) is 7.53. The Labute approximate surface area is 157 Å². The molecule has 142 valence electrons. The molecule has 2 aromatic rings. The molecule has 0 spiro atoms. The van der Waals surface area contributed by atoms with Gasteiger partial charge in [0.25, 0.3) is 10.0 Å². The number of para-hydroxylation sites is 2. The van der Waals surface area contributed by atoms with Crippen LogP contribution in [0.2, 0.25) is 0 Å². The Morgan fingerprint density at radius 2 is 1.93 bits per heavy atom. The zero-order valence-corrected chi connectivity index (χ0v) is 15.5. The predicted molar refractivity (Wildman–Crippen MR) is 104 cm³/mol. The number of carbonyl (C=O) groups is 1. The first kappa shape index (κ1) is 18.7. The summed E-state index contributed by atoms with van der Waals surface area (Å²) in [6, 6.07) is 12.5. The number of aliphatic imine (C=N–C) groups is 1. The number of ether oxygens (including phenoxy) is 1. The highest BCUT2D eigenvalue weighted by molar-refractivity contribution is 7.90. The summed E-state index contributed by atoms with van der Waals surface area (Å²) in [6.45, 7) is 0.628. The van der Waals surface area contributed by atoms with E-state index in [4.69, 9.17) is 4.74 Å². The van der Waals surface area contributed by atoms with Crippen LogP contribution in [0.25, 0.3) is 0 Å². The molecule has 0 aromatic heterocycles. The van der Waals surface area contributed by atoms with Gasteiger partial charge in [-0.1, -0.05) is 18.2 Å². The van der Waals surface area contributed by atoms with Crippen molar-refractivity contribution in [1.82, 2.24) is 4.72 Å². The minimum absolute atomic E-state index is 0.0483. The van der Waals surface area contributed by atoms with Crippen molar-refractivity contribution in [3.63, 3.8) is 0 Å². The first-order valence-electron chi connectivity index (χ1n) is 8.35. The van der Waals surface area contributed by atoms with Crippen molar-refractivity contribution in [3.05, 3.63) is 48.5 Å². The third-order valence-electron chi connectivity index (χ3n) is 3.88. The van der Waals surface area contributed by atoms with Crippen LogP contribution in [0.1, 0.15) is 12.8 Å². The number of methoxy groups -OCH3 is 1. The van der Waals surface area contributed by atoms with Crippen molar-refractivity contribution in [2.45, 2.75) is 17.7 Å². The third-order valence-corrected chi connectivity index (χ3v) is 5.26. The van der Waals surface area contributed by atoms with Crippen molar-refractivity contribution in [2.24, 2.45) is 4.99 Å². The number of carbonyl (C=O) groups excluding carboxylic acids is 1. The molecule has 0 aliphatic carbocycles. The zero-order valence-electron chi connectivity index (χ0n) is 14.7. The third kappa shape index (κ3) is 4.76. The fourth-order valence-corrected chi connectivity index (χ4v) is 3.74. The van der Waals surface area contributed by atoms with E-state index in [1.807, 2.05) is 0 Å². The molecule has 2 amide bonds. The quantitative estimate of drug-likeness (QED) is 0.732. The molecule has 0 fully saturated rings. The molecular weight excluding hydrogens is 368 g/mol. The van der Waals surface area contributed by atoms with Gasteiger partial charge in [0, 0.05) is 18.7 Å². The molecule has 0 saturated heterocycles. The van der Waals surface area contributed by atoms with E-state index >= 15 is 0 Å². The lowest BCUT2D eigenvalue weighted by Crippen LogP contribution is -2.29. The van der Waals surface area contributed by atoms with Crippen LogP contribution >= 0.6 is 0 Å². The van der Waals surface area contributed by atoms with Gasteiger partial charge in [0.05, 0.1) is 17.7 Å². The topological polar surface area (TPSA) is 109 Å². The van der Waals surface area contributed by atoms with E-state index in [-0.39, 0.29) is 4.90 Å². The maximum atomic E-state index is 12.5. The summed E-state index contributed by atoms with van der Waals surface area (Å²) in [5.74, 6) is 0.979. The van der Waals surface area contributed by atoms with Gasteiger partial charge < -0.3 is 15.4 Å². The van der Waals surface area contributed by atoms with Gasteiger partial charge in [0.2, 0.25) is 0 Å². The molecule has 3 rings (SSSR count). The van der Waals surface area contributed by atoms with Gasteiger partial charge in [0.1, 0.15) is 11.6 Å². The number of sulfonamides is 1. The average Bonchev–Trinajstić information content (AvgIpc) is 3.14. The lowest BCUT2D eigenvalue weighted by molar-refractivity contribution is 0.262. The first-order valence-corrected chi connectivity index (χ1v) is 9.83. The second kappa shape index (κ2) is 8.09. The van der Waals surface area contributed by atoms with E-state index in [2.05, 4.69) is 20.3 Å². The average molecular weight is 388 g/mol. The highest BCUT2D eigenvalue weighted by atomic mass is 32.2. The van der Waals surface area contributed by atoms with Gasteiger partial charge in [-0.25, -0.2) is 13.2 Å². The summed E-state index contributed by atoms with van der Waals surface area (Å²) in [4.78, 5) is 16.4. The van der Waals surface area contributed by atoms with Gasteiger partial charge in [-0.05, 0) is 36.8 Å². The van der Waals surface area contributed by atoms with Crippen LogP contribution in [-0.4, -0.2) is 33.9 Å². The summed E-state index contributed by atoms with van der Waals surface area (Å²) in [6.07, 6.45) is 1.45. The number of rotatable bonds is 5. The number of hydrogen-bond acceptors (Lipinski definition) is 5. The van der Waals surface area contributed by atoms with Crippen molar-refractivity contribution < 1.29 is 17.9 Å². The molecule has 0 bridgehead atoms. The summed E-state index contributed by atoms with van der Waals surface area (Å²) >= 11 is 0.